The Kier molecular flexibility index (Phi) is 5.46. The number of likely N-dealkylation sites (N-methyl/N-ethyl adjacent to an activating group) is 1. The third-order valence-electron chi connectivity index (χ3n) is 6.24. The maximum Gasteiger partial charge on any atom is 0.261 e. The van der Waals surface area contributed by atoms with E-state index in [1.165, 1.54) is 17.2 Å². The van der Waals surface area contributed by atoms with Crippen molar-refractivity contribution < 1.29 is 13.6 Å². The average molecular weight is 450 g/mol. The minimum Gasteiger partial charge on any atom is -0.322 e. The quantitative estimate of drug-likeness (QED) is 0.658. The van der Waals surface area contributed by atoms with Gasteiger partial charge in [-0.1, -0.05) is 12.1 Å². The maximum absolute atomic E-state index is 14.0. The minimum absolute atomic E-state index is 0.511. The number of amides is 1. The molecular formula is C25H25F2N5O. The van der Waals surface area contributed by atoms with Crippen molar-refractivity contribution in [2.24, 2.45) is 0 Å². The van der Waals surface area contributed by atoms with E-state index in [4.69, 9.17) is 0 Å². The molecule has 6 nitrogen and oxygen atoms in total. The minimum atomic E-state index is -0.881. The van der Waals surface area contributed by atoms with Crippen molar-refractivity contribution >= 4 is 17.2 Å². The summed E-state index contributed by atoms with van der Waals surface area (Å²) in [6.45, 7) is 5.25. The summed E-state index contributed by atoms with van der Waals surface area (Å²) in [5.41, 5.74) is 5.82. The number of imidazole rings is 1. The topological polar surface area (TPSA) is 53.4 Å². The highest BCUT2D eigenvalue weighted by Gasteiger charge is 2.26. The van der Waals surface area contributed by atoms with Crippen LogP contribution in [0.1, 0.15) is 33.6 Å². The number of aromatic nitrogens is 2. The molecule has 0 saturated carbocycles. The van der Waals surface area contributed by atoms with Crippen molar-refractivity contribution in [3.8, 4) is 0 Å². The molecule has 0 bridgehead atoms. The largest absolute Gasteiger partial charge is 0.322 e. The van der Waals surface area contributed by atoms with Crippen molar-refractivity contribution in [3.05, 3.63) is 88.5 Å². The molecule has 1 aromatic heterocycles. The van der Waals surface area contributed by atoms with E-state index in [0.29, 0.717) is 12.2 Å². The first-order valence-electron chi connectivity index (χ1n) is 10.9. The number of rotatable bonds is 3. The molecule has 0 radical (unpaired) electrons. The van der Waals surface area contributed by atoms with Gasteiger partial charge in [0.2, 0.25) is 0 Å². The van der Waals surface area contributed by atoms with E-state index in [9.17, 15) is 13.6 Å². The lowest BCUT2D eigenvalue weighted by atomic mass is 9.92. The number of carbonyl (C=O) groups is 1. The molecule has 2 aliphatic heterocycles. The molecule has 1 amide bonds. The predicted octanol–water partition coefficient (Wildman–Crippen LogP) is 3.96. The normalized spacial score (nSPS) is 16.3. The van der Waals surface area contributed by atoms with Gasteiger partial charge in [0.15, 0.2) is 0 Å². The second kappa shape index (κ2) is 8.44. The smallest absolute Gasteiger partial charge is 0.261 e. The van der Waals surface area contributed by atoms with Crippen molar-refractivity contribution in [1.82, 2.24) is 14.6 Å². The molecule has 0 atom stereocenters. The van der Waals surface area contributed by atoms with Gasteiger partial charge >= 0.3 is 0 Å². The number of fused-ring (bicyclic) bond motifs is 2. The Labute approximate surface area is 191 Å². The Balaban J connectivity index is 1.45. The number of hydrogen-bond donors (Lipinski definition) is 1. The maximum atomic E-state index is 14.0. The zero-order valence-electron chi connectivity index (χ0n) is 18.6. The van der Waals surface area contributed by atoms with E-state index in [1.807, 2.05) is 36.3 Å². The first-order chi connectivity index (χ1) is 15.9. The van der Waals surface area contributed by atoms with Crippen LogP contribution in [-0.4, -0.2) is 47.1 Å². The molecule has 0 unspecified atom stereocenters. The number of hydrogen-bond acceptors (Lipinski definition) is 4. The monoisotopic (exact) mass is 449 g/mol. The SMILES string of the molecule is Cc1cn(N2CCC3=C(C2)c2ccc(NC(=O)c4c(F)cccc4F)cc2CN(C)C3)cn1. The first kappa shape index (κ1) is 21.3. The lowest BCUT2D eigenvalue weighted by Gasteiger charge is -2.33. The zero-order valence-corrected chi connectivity index (χ0v) is 18.6. The average Bonchev–Trinajstić information content (AvgIpc) is 3.14. The molecule has 8 heteroatoms. The molecule has 5 rings (SSSR count). The summed E-state index contributed by atoms with van der Waals surface area (Å²) < 4.78 is 30.1. The Hall–Kier alpha value is -3.52. The van der Waals surface area contributed by atoms with E-state index in [-0.39, 0.29) is 0 Å². The van der Waals surface area contributed by atoms with Gasteiger partial charge in [0, 0.05) is 31.5 Å². The van der Waals surface area contributed by atoms with Crippen LogP contribution in [0.3, 0.4) is 0 Å². The first-order valence-corrected chi connectivity index (χ1v) is 10.9. The molecule has 3 aromatic rings. The van der Waals surface area contributed by atoms with Crippen molar-refractivity contribution in [3.63, 3.8) is 0 Å². The highest BCUT2D eigenvalue weighted by Crippen LogP contribution is 2.34. The number of aryl methyl sites for hydroxylation is 1. The second-order valence-corrected chi connectivity index (χ2v) is 8.71. The standard InChI is InChI=1S/C25H25F2N5O/c1-16-11-32(15-28-16)31-9-8-17-12-30(2)13-18-10-19(6-7-20(18)21(17)14-31)29-25(33)24-22(26)4-3-5-23(24)27/h3-7,10-11,15H,8-9,12-14H2,1-2H3,(H,29,33). The lowest BCUT2D eigenvalue weighted by molar-refractivity contribution is 0.101. The number of benzene rings is 2. The summed E-state index contributed by atoms with van der Waals surface area (Å²) >= 11 is 0. The van der Waals surface area contributed by atoms with Crippen LogP contribution in [0.2, 0.25) is 0 Å². The van der Waals surface area contributed by atoms with Gasteiger partial charge in [0.1, 0.15) is 23.5 Å². The van der Waals surface area contributed by atoms with Gasteiger partial charge in [-0.2, -0.15) is 0 Å². The fourth-order valence-corrected chi connectivity index (χ4v) is 4.68. The molecule has 2 aliphatic rings. The summed E-state index contributed by atoms with van der Waals surface area (Å²) in [5.74, 6) is -2.56. The molecule has 1 N–H and O–H groups in total. The highest BCUT2D eigenvalue weighted by molar-refractivity contribution is 6.04. The summed E-state index contributed by atoms with van der Waals surface area (Å²) in [6.07, 6.45) is 4.82. The third-order valence-corrected chi connectivity index (χ3v) is 6.24. The third kappa shape index (κ3) is 4.14. The Bertz CT molecular complexity index is 1250. The molecule has 2 aromatic carbocycles. The van der Waals surface area contributed by atoms with Crippen LogP contribution in [0.15, 0.2) is 54.5 Å². The predicted molar refractivity (Wildman–Crippen MR) is 124 cm³/mol. The summed E-state index contributed by atoms with van der Waals surface area (Å²) in [7, 11) is 2.07. The summed E-state index contributed by atoms with van der Waals surface area (Å²) in [5, 5.41) is 4.93. The van der Waals surface area contributed by atoms with Crippen molar-refractivity contribution in [2.75, 3.05) is 37.0 Å². The van der Waals surface area contributed by atoms with E-state index >= 15 is 0 Å². The van der Waals surface area contributed by atoms with Crippen LogP contribution in [0, 0.1) is 18.6 Å². The van der Waals surface area contributed by atoms with Gasteiger partial charge in [-0.05, 0) is 66.9 Å². The molecule has 3 heterocycles. The van der Waals surface area contributed by atoms with E-state index in [2.05, 4.69) is 27.3 Å². The van der Waals surface area contributed by atoms with Gasteiger partial charge in [0.05, 0.1) is 12.2 Å². The summed E-state index contributed by atoms with van der Waals surface area (Å²) in [6, 6.07) is 9.09. The number of nitrogens with zero attached hydrogens (tertiary/aromatic N) is 4. The second-order valence-electron chi connectivity index (χ2n) is 8.71. The van der Waals surface area contributed by atoms with Crippen molar-refractivity contribution in [1.29, 1.82) is 0 Å². The van der Waals surface area contributed by atoms with Crippen molar-refractivity contribution in [2.45, 2.75) is 19.9 Å². The molecule has 0 saturated heterocycles. The van der Waals surface area contributed by atoms with E-state index < -0.39 is 23.1 Å². The molecular weight excluding hydrogens is 424 g/mol. The van der Waals surface area contributed by atoms with E-state index in [0.717, 1.165) is 55.0 Å². The molecule has 170 valence electrons. The number of anilines is 1. The van der Waals surface area contributed by atoms with Gasteiger partial charge in [-0.25, -0.2) is 13.8 Å². The van der Waals surface area contributed by atoms with Crippen LogP contribution in [0.5, 0.6) is 0 Å². The highest BCUT2D eigenvalue weighted by atomic mass is 19.1. The number of halogens is 2. The molecule has 0 spiro atoms. The molecule has 0 fully saturated rings. The zero-order chi connectivity index (χ0) is 23.1. The van der Waals surface area contributed by atoms with Gasteiger partial charge in [-0.3, -0.25) is 14.4 Å². The summed E-state index contributed by atoms with van der Waals surface area (Å²) in [4.78, 5) is 19.2. The van der Waals surface area contributed by atoms with Crippen LogP contribution in [0.4, 0.5) is 14.5 Å². The van der Waals surface area contributed by atoms with Gasteiger partial charge in [-0.15, -0.1) is 0 Å². The lowest BCUT2D eigenvalue weighted by Crippen LogP contribution is -2.40. The fourth-order valence-electron chi connectivity index (χ4n) is 4.68. The molecule has 0 aliphatic carbocycles. The van der Waals surface area contributed by atoms with Crippen LogP contribution in [-0.2, 0) is 6.54 Å². The Morgan fingerprint density at radius 3 is 2.61 bits per heavy atom. The van der Waals surface area contributed by atoms with Crippen LogP contribution >= 0.6 is 0 Å². The van der Waals surface area contributed by atoms with Crippen LogP contribution in [0.25, 0.3) is 5.57 Å². The number of carbonyl (C=O) groups excluding carboxylic acids is 1. The van der Waals surface area contributed by atoms with Crippen LogP contribution < -0.4 is 10.3 Å². The Morgan fingerprint density at radius 1 is 1.09 bits per heavy atom. The fraction of sp³-hybridized carbons (Fsp3) is 0.280. The number of nitrogens with one attached hydrogen (secondary N) is 1. The van der Waals surface area contributed by atoms with Gasteiger partial charge in [0.25, 0.3) is 5.91 Å². The van der Waals surface area contributed by atoms with E-state index in [1.54, 1.807) is 6.07 Å². The molecule has 33 heavy (non-hydrogen) atoms. The van der Waals surface area contributed by atoms with Gasteiger partial charge < -0.3 is 10.3 Å². The Morgan fingerprint density at radius 2 is 1.88 bits per heavy atom.